The average Bonchev–Trinajstić information content (AvgIpc) is 2.29. The van der Waals surface area contributed by atoms with Gasteiger partial charge >= 0.3 is 5.97 Å². The summed E-state index contributed by atoms with van der Waals surface area (Å²) in [5, 5.41) is 20.7. The second-order valence-corrected chi connectivity index (χ2v) is 4.61. The topological polar surface area (TPSA) is 69.6 Å². The van der Waals surface area contributed by atoms with Gasteiger partial charge in [0.05, 0.1) is 13.0 Å². The van der Waals surface area contributed by atoms with Gasteiger partial charge in [-0.05, 0) is 31.4 Å². The first-order valence-corrected chi connectivity index (χ1v) is 6.15. The van der Waals surface area contributed by atoms with E-state index in [1.165, 1.54) is 11.1 Å². The lowest BCUT2D eigenvalue weighted by atomic mass is 9.97. The van der Waals surface area contributed by atoms with Crippen LogP contribution in [-0.2, 0) is 11.2 Å². The number of aryl methyl sites for hydroxylation is 2. The summed E-state index contributed by atoms with van der Waals surface area (Å²) in [6.07, 6.45) is 0.728. The number of benzene rings is 1. The van der Waals surface area contributed by atoms with Crippen molar-refractivity contribution in [1.82, 2.24) is 5.32 Å². The molecule has 0 aliphatic rings. The van der Waals surface area contributed by atoms with Gasteiger partial charge in [-0.1, -0.05) is 23.8 Å². The van der Waals surface area contributed by atoms with Crippen molar-refractivity contribution in [2.45, 2.75) is 32.7 Å². The van der Waals surface area contributed by atoms with Crippen LogP contribution in [0.15, 0.2) is 18.2 Å². The Morgan fingerprint density at radius 1 is 1.39 bits per heavy atom. The minimum absolute atomic E-state index is 0.0169. The highest BCUT2D eigenvalue weighted by Gasteiger charge is 2.14. The highest BCUT2D eigenvalue weighted by molar-refractivity contribution is 5.67. The normalized spacial score (nSPS) is 12.4. The standard InChI is InChI=1S/C14H21NO3/c1-10-3-4-12(11(2)7-10)8-13(9-14(17)18)15-5-6-16/h3-4,7,13,15-16H,5-6,8-9H2,1-2H3,(H,17,18). The number of aliphatic carboxylic acids is 1. The third kappa shape index (κ3) is 4.85. The molecule has 1 aromatic rings. The molecule has 0 aliphatic carbocycles. The van der Waals surface area contributed by atoms with E-state index in [1.54, 1.807) is 0 Å². The van der Waals surface area contributed by atoms with Gasteiger partial charge in [0.15, 0.2) is 0 Å². The molecule has 0 spiro atoms. The first-order valence-electron chi connectivity index (χ1n) is 6.15. The van der Waals surface area contributed by atoms with Gasteiger partial charge in [-0.3, -0.25) is 4.79 Å². The van der Waals surface area contributed by atoms with Crippen LogP contribution in [0.3, 0.4) is 0 Å². The van der Waals surface area contributed by atoms with Crippen molar-refractivity contribution in [1.29, 1.82) is 0 Å². The Kier molecular flexibility index (Phi) is 5.82. The number of carboxylic acids is 1. The van der Waals surface area contributed by atoms with E-state index in [9.17, 15) is 4.79 Å². The van der Waals surface area contributed by atoms with Crippen LogP contribution in [-0.4, -0.2) is 35.4 Å². The van der Waals surface area contributed by atoms with Crippen molar-refractivity contribution in [2.24, 2.45) is 0 Å². The van der Waals surface area contributed by atoms with Gasteiger partial charge in [-0.15, -0.1) is 0 Å². The lowest BCUT2D eigenvalue weighted by molar-refractivity contribution is -0.137. The lowest BCUT2D eigenvalue weighted by Gasteiger charge is -2.18. The predicted molar refractivity (Wildman–Crippen MR) is 70.7 cm³/mol. The molecule has 3 N–H and O–H groups in total. The zero-order chi connectivity index (χ0) is 13.5. The molecule has 0 aliphatic heterocycles. The maximum Gasteiger partial charge on any atom is 0.304 e. The molecular formula is C14H21NO3. The molecule has 4 heteroatoms. The Balaban J connectivity index is 2.71. The summed E-state index contributed by atoms with van der Waals surface area (Å²) in [6.45, 7) is 4.51. The largest absolute Gasteiger partial charge is 0.481 e. The molecule has 1 unspecified atom stereocenters. The van der Waals surface area contributed by atoms with E-state index in [4.69, 9.17) is 10.2 Å². The maximum atomic E-state index is 10.8. The van der Waals surface area contributed by atoms with Crippen molar-refractivity contribution in [2.75, 3.05) is 13.2 Å². The number of carbonyl (C=O) groups is 1. The number of aliphatic hydroxyl groups is 1. The van der Waals surface area contributed by atoms with Crippen molar-refractivity contribution >= 4 is 5.97 Å². The molecule has 0 bridgehead atoms. The van der Waals surface area contributed by atoms with Crippen molar-refractivity contribution in [3.05, 3.63) is 34.9 Å². The number of hydrogen-bond acceptors (Lipinski definition) is 3. The predicted octanol–water partition coefficient (Wildman–Crippen LogP) is 1.27. The van der Waals surface area contributed by atoms with E-state index in [1.807, 2.05) is 26.0 Å². The summed E-state index contributed by atoms with van der Waals surface area (Å²) in [6, 6.07) is 6.03. The van der Waals surface area contributed by atoms with Crippen LogP contribution in [0, 0.1) is 13.8 Å². The maximum absolute atomic E-state index is 10.8. The zero-order valence-electron chi connectivity index (χ0n) is 10.9. The summed E-state index contributed by atoms with van der Waals surface area (Å²) in [5.74, 6) is -0.824. The molecule has 18 heavy (non-hydrogen) atoms. The lowest BCUT2D eigenvalue weighted by Crippen LogP contribution is -2.35. The number of nitrogens with one attached hydrogen (secondary N) is 1. The first-order chi connectivity index (χ1) is 8.52. The van der Waals surface area contributed by atoms with Gasteiger partial charge in [0, 0.05) is 12.6 Å². The summed E-state index contributed by atoms with van der Waals surface area (Å²) < 4.78 is 0. The molecule has 4 nitrogen and oxygen atoms in total. The highest BCUT2D eigenvalue weighted by atomic mass is 16.4. The fourth-order valence-electron chi connectivity index (χ4n) is 2.04. The molecule has 100 valence electrons. The molecule has 1 rings (SSSR count). The van der Waals surface area contributed by atoms with E-state index in [0.29, 0.717) is 13.0 Å². The van der Waals surface area contributed by atoms with E-state index in [-0.39, 0.29) is 19.1 Å². The summed E-state index contributed by atoms with van der Waals surface area (Å²) in [5.41, 5.74) is 3.53. The fraction of sp³-hybridized carbons (Fsp3) is 0.500. The summed E-state index contributed by atoms with van der Waals surface area (Å²) in [4.78, 5) is 10.8. The van der Waals surface area contributed by atoms with Gasteiger partial charge in [0.1, 0.15) is 0 Å². The number of rotatable bonds is 7. The van der Waals surface area contributed by atoms with Crippen molar-refractivity contribution in [3.63, 3.8) is 0 Å². The van der Waals surface area contributed by atoms with Crippen LogP contribution in [0.4, 0.5) is 0 Å². The molecule has 0 aromatic heterocycles. The molecule has 0 fully saturated rings. The van der Waals surface area contributed by atoms with E-state index < -0.39 is 5.97 Å². The van der Waals surface area contributed by atoms with Crippen LogP contribution in [0.5, 0.6) is 0 Å². The summed E-state index contributed by atoms with van der Waals surface area (Å²) >= 11 is 0. The average molecular weight is 251 g/mol. The Morgan fingerprint density at radius 2 is 2.11 bits per heavy atom. The quantitative estimate of drug-likeness (QED) is 0.682. The van der Waals surface area contributed by atoms with Crippen LogP contribution < -0.4 is 5.32 Å². The molecule has 0 radical (unpaired) electrons. The Morgan fingerprint density at radius 3 is 2.67 bits per heavy atom. The van der Waals surface area contributed by atoms with Crippen LogP contribution >= 0.6 is 0 Å². The molecular weight excluding hydrogens is 230 g/mol. The number of hydrogen-bond donors (Lipinski definition) is 3. The minimum atomic E-state index is -0.824. The molecule has 1 aromatic carbocycles. The van der Waals surface area contributed by atoms with Gasteiger partial charge < -0.3 is 15.5 Å². The van der Waals surface area contributed by atoms with Crippen molar-refractivity contribution in [3.8, 4) is 0 Å². The van der Waals surface area contributed by atoms with E-state index in [2.05, 4.69) is 11.4 Å². The van der Waals surface area contributed by atoms with E-state index >= 15 is 0 Å². The smallest absolute Gasteiger partial charge is 0.304 e. The first kappa shape index (κ1) is 14.7. The van der Waals surface area contributed by atoms with Gasteiger partial charge in [0.25, 0.3) is 0 Å². The van der Waals surface area contributed by atoms with Gasteiger partial charge in [-0.25, -0.2) is 0 Å². The Hall–Kier alpha value is -1.39. The van der Waals surface area contributed by atoms with Crippen LogP contribution in [0.2, 0.25) is 0 Å². The molecule has 1 atom stereocenters. The zero-order valence-corrected chi connectivity index (χ0v) is 10.9. The minimum Gasteiger partial charge on any atom is -0.481 e. The van der Waals surface area contributed by atoms with E-state index in [0.717, 1.165) is 5.56 Å². The Labute approximate surface area is 108 Å². The third-order valence-electron chi connectivity index (χ3n) is 2.93. The molecule has 0 amide bonds. The molecule has 0 heterocycles. The SMILES string of the molecule is Cc1ccc(CC(CC(=O)O)NCCO)c(C)c1. The van der Waals surface area contributed by atoms with Gasteiger partial charge in [0.2, 0.25) is 0 Å². The van der Waals surface area contributed by atoms with Gasteiger partial charge in [-0.2, -0.15) is 0 Å². The molecule has 0 saturated carbocycles. The third-order valence-corrected chi connectivity index (χ3v) is 2.93. The highest BCUT2D eigenvalue weighted by Crippen LogP contribution is 2.13. The van der Waals surface area contributed by atoms with Crippen molar-refractivity contribution < 1.29 is 15.0 Å². The number of carboxylic acid groups (broad SMARTS) is 1. The second-order valence-electron chi connectivity index (χ2n) is 4.61. The monoisotopic (exact) mass is 251 g/mol. The van der Waals surface area contributed by atoms with Crippen LogP contribution in [0.1, 0.15) is 23.1 Å². The second kappa shape index (κ2) is 7.13. The van der Waals surface area contributed by atoms with Crippen LogP contribution in [0.25, 0.3) is 0 Å². The molecule has 0 saturated heterocycles. The number of aliphatic hydroxyl groups excluding tert-OH is 1. The summed E-state index contributed by atoms with van der Waals surface area (Å²) in [7, 11) is 0. The fourth-order valence-corrected chi connectivity index (χ4v) is 2.04. The Bertz CT molecular complexity index is 404.